The van der Waals surface area contributed by atoms with Gasteiger partial charge in [0.25, 0.3) is 0 Å². The van der Waals surface area contributed by atoms with Gasteiger partial charge in [-0.1, -0.05) is 12.1 Å². The van der Waals surface area contributed by atoms with E-state index in [0.29, 0.717) is 5.88 Å². The second-order valence-electron chi connectivity index (χ2n) is 7.32. The zero-order valence-electron chi connectivity index (χ0n) is 16.4. The Bertz CT molecular complexity index is 977. The van der Waals surface area contributed by atoms with Crippen LogP contribution >= 0.6 is 11.3 Å². The molecule has 0 saturated carbocycles. The number of benzene rings is 1. The van der Waals surface area contributed by atoms with Crippen molar-refractivity contribution in [2.45, 2.75) is 34.2 Å². The Morgan fingerprint density at radius 3 is 2.67 bits per heavy atom. The van der Waals surface area contributed by atoms with Crippen molar-refractivity contribution < 1.29 is 14.4 Å². The first-order valence-corrected chi connectivity index (χ1v) is 10.3. The first-order valence-electron chi connectivity index (χ1n) is 9.44. The molecular weight excluding hydrogens is 358 g/mol. The van der Waals surface area contributed by atoms with Crippen molar-refractivity contribution >= 4 is 21.6 Å². The Morgan fingerprint density at radius 1 is 1.11 bits per heavy atom. The first-order chi connectivity index (χ1) is 13.0. The number of fused-ring (bicyclic) bond motifs is 1. The number of aryl methyl sites for hydroxylation is 4. The van der Waals surface area contributed by atoms with Gasteiger partial charge in [0.15, 0.2) is 5.82 Å². The maximum atomic E-state index is 6.35. The van der Waals surface area contributed by atoms with Crippen molar-refractivity contribution in [3.05, 3.63) is 45.6 Å². The summed E-state index contributed by atoms with van der Waals surface area (Å²) in [5.74, 6) is 2.39. The van der Waals surface area contributed by atoms with E-state index in [4.69, 9.17) is 19.4 Å². The van der Waals surface area contributed by atoms with Crippen molar-refractivity contribution in [2.75, 3.05) is 26.3 Å². The lowest BCUT2D eigenvalue weighted by Crippen LogP contribution is -3.12. The minimum atomic E-state index is 0.679. The molecule has 3 aromatic rings. The van der Waals surface area contributed by atoms with Gasteiger partial charge in [0.1, 0.15) is 30.2 Å². The van der Waals surface area contributed by atoms with Crippen molar-refractivity contribution in [1.29, 1.82) is 0 Å². The highest BCUT2D eigenvalue weighted by molar-refractivity contribution is 7.18. The molecule has 5 nitrogen and oxygen atoms in total. The molecule has 0 spiro atoms. The molecule has 1 fully saturated rings. The maximum Gasteiger partial charge on any atom is 0.231 e. The molecule has 1 N–H and O–H groups in total. The van der Waals surface area contributed by atoms with Crippen LogP contribution in [-0.4, -0.2) is 36.3 Å². The smallest absolute Gasteiger partial charge is 0.231 e. The number of quaternary nitrogens is 1. The Hall–Kier alpha value is -2.02. The molecular formula is C21H26N3O2S+. The maximum absolute atomic E-state index is 6.35. The number of morpholine rings is 1. The highest BCUT2D eigenvalue weighted by Gasteiger charge is 2.21. The molecule has 27 heavy (non-hydrogen) atoms. The van der Waals surface area contributed by atoms with Crippen LogP contribution in [0.5, 0.6) is 11.6 Å². The van der Waals surface area contributed by atoms with Crippen LogP contribution in [0.25, 0.3) is 10.2 Å². The third-order valence-corrected chi connectivity index (χ3v) is 6.30. The van der Waals surface area contributed by atoms with E-state index in [1.165, 1.54) is 20.9 Å². The molecule has 1 aromatic carbocycles. The average molecular weight is 385 g/mol. The monoisotopic (exact) mass is 384 g/mol. The van der Waals surface area contributed by atoms with Crippen LogP contribution in [0, 0.1) is 27.7 Å². The number of hydrogen-bond donors (Lipinski definition) is 1. The molecule has 3 heterocycles. The molecule has 4 rings (SSSR count). The molecule has 0 amide bonds. The summed E-state index contributed by atoms with van der Waals surface area (Å²) in [6.07, 6.45) is 0. The molecule has 0 radical (unpaired) electrons. The summed E-state index contributed by atoms with van der Waals surface area (Å²) in [5, 5.41) is 1.04. The second kappa shape index (κ2) is 7.54. The van der Waals surface area contributed by atoms with Crippen LogP contribution in [-0.2, 0) is 11.3 Å². The summed E-state index contributed by atoms with van der Waals surface area (Å²) >= 11 is 1.72. The van der Waals surface area contributed by atoms with E-state index < -0.39 is 0 Å². The van der Waals surface area contributed by atoms with Crippen molar-refractivity contribution in [3.63, 3.8) is 0 Å². The van der Waals surface area contributed by atoms with Crippen molar-refractivity contribution in [3.8, 4) is 11.6 Å². The fourth-order valence-electron chi connectivity index (χ4n) is 3.39. The minimum absolute atomic E-state index is 0.679. The molecule has 0 aliphatic carbocycles. The van der Waals surface area contributed by atoms with E-state index in [1.54, 1.807) is 11.3 Å². The molecule has 1 saturated heterocycles. The number of aromatic nitrogens is 2. The Kier molecular flexibility index (Phi) is 5.12. The highest BCUT2D eigenvalue weighted by atomic mass is 32.1. The van der Waals surface area contributed by atoms with Crippen molar-refractivity contribution in [1.82, 2.24) is 9.97 Å². The van der Waals surface area contributed by atoms with Crippen LogP contribution in [0.2, 0.25) is 0 Å². The number of hydrogen-bond acceptors (Lipinski definition) is 5. The third kappa shape index (κ3) is 3.83. The van der Waals surface area contributed by atoms with E-state index in [-0.39, 0.29) is 0 Å². The Labute approximate surface area is 164 Å². The fourth-order valence-corrected chi connectivity index (χ4v) is 4.43. The lowest BCUT2D eigenvalue weighted by Gasteiger charge is -2.23. The van der Waals surface area contributed by atoms with Crippen LogP contribution in [0.3, 0.4) is 0 Å². The van der Waals surface area contributed by atoms with Gasteiger partial charge in [0.05, 0.1) is 18.6 Å². The molecule has 1 aliphatic heterocycles. The Morgan fingerprint density at radius 2 is 1.89 bits per heavy atom. The predicted octanol–water partition coefficient (Wildman–Crippen LogP) is 3.13. The van der Waals surface area contributed by atoms with Crippen LogP contribution in [0.1, 0.15) is 27.4 Å². The summed E-state index contributed by atoms with van der Waals surface area (Å²) in [6, 6.07) is 6.27. The van der Waals surface area contributed by atoms with Gasteiger partial charge in [0, 0.05) is 4.88 Å². The predicted molar refractivity (Wildman–Crippen MR) is 108 cm³/mol. The van der Waals surface area contributed by atoms with E-state index in [1.807, 2.05) is 0 Å². The molecule has 0 atom stereocenters. The standard InChI is InChI=1S/C21H25N3O2S/c1-13-5-6-14(2)17(11-13)26-20-19-15(3)16(4)27-21(19)23-18(22-20)12-24-7-9-25-10-8-24/h5-6,11H,7-10,12H2,1-4H3/p+1. The molecule has 0 bridgehead atoms. The molecule has 0 unspecified atom stereocenters. The normalized spacial score (nSPS) is 15.4. The van der Waals surface area contributed by atoms with Gasteiger partial charge in [-0.2, -0.15) is 4.98 Å². The van der Waals surface area contributed by atoms with Gasteiger partial charge in [-0.25, -0.2) is 4.98 Å². The van der Waals surface area contributed by atoms with E-state index in [0.717, 1.165) is 60.2 Å². The van der Waals surface area contributed by atoms with Gasteiger partial charge in [-0.3, -0.25) is 0 Å². The third-order valence-electron chi connectivity index (χ3n) is 5.20. The average Bonchev–Trinajstić information content (AvgIpc) is 2.93. The number of nitrogens with one attached hydrogen (secondary N) is 1. The number of rotatable bonds is 4. The Balaban J connectivity index is 1.75. The van der Waals surface area contributed by atoms with Gasteiger partial charge in [0.2, 0.25) is 5.88 Å². The lowest BCUT2D eigenvalue weighted by atomic mass is 10.1. The van der Waals surface area contributed by atoms with Crippen LogP contribution in [0.15, 0.2) is 18.2 Å². The molecule has 6 heteroatoms. The largest absolute Gasteiger partial charge is 0.438 e. The van der Waals surface area contributed by atoms with E-state index in [2.05, 4.69) is 45.9 Å². The minimum Gasteiger partial charge on any atom is -0.438 e. The second-order valence-corrected chi connectivity index (χ2v) is 8.52. The summed E-state index contributed by atoms with van der Waals surface area (Å²) in [7, 11) is 0. The number of thiophene rings is 1. The molecule has 1 aliphatic rings. The van der Waals surface area contributed by atoms with Gasteiger partial charge in [-0.15, -0.1) is 11.3 Å². The zero-order chi connectivity index (χ0) is 19.0. The topological polar surface area (TPSA) is 48.7 Å². The van der Waals surface area contributed by atoms with Crippen LogP contribution in [0.4, 0.5) is 0 Å². The first kappa shape index (κ1) is 18.3. The number of nitrogens with zero attached hydrogens (tertiary/aromatic N) is 2. The van der Waals surface area contributed by atoms with Gasteiger partial charge in [-0.05, 0) is 50.5 Å². The van der Waals surface area contributed by atoms with E-state index in [9.17, 15) is 0 Å². The van der Waals surface area contributed by atoms with Gasteiger partial charge < -0.3 is 14.4 Å². The quantitative estimate of drug-likeness (QED) is 0.751. The molecule has 142 valence electrons. The summed E-state index contributed by atoms with van der Waals surface area (Å²) in [5.41, 5.74) is 3.50. The highest BCUT2D eigenvalue weighted by Crippen LogP contribution is 2.37. The summed E-state index contributed by atoms with van der Waals surface area (Å²) < 4.78 is 11.8. The van der Waals surface area contributed by atoms with Gasteiger partial charge >= 0.3 is 0 Å². The zero-order valence-corrected chi connectivity index (χ0v) is 17.2. The number of ether oxygens (including phenoxy) is 2. The SMILES string of the molecule is Cc1ccc(C)c(Oc2nc(C[NH+]3CCOCC3)nc3sc(C)c(C)c23)c1. The summed E-state index contributed by atoms with van der Waals surface area (Å²) in [4.78, 5) is 13.4. The summed E-state index contributed by atoms with van der Waals surface area (Å²) in [6.45, 7) is 12.8. The molecule has 2 aromatic heterocycles. The van der Waals surface area contributed by atoms with Crippen molar-refractivity contribution in [2.24, 2.45) is 0 Å². The fraction of sp³-hybridized carbons (Fsp3) is 0.429. The van der Waals surface area contributed by atoms with E-state index >= 15 is 0 Å². The van der Waals surface area contributed by atoms with Crippen LogP contribution < -0.4 is 9.64 Å². The lowest BCUT2D eigenvalue weighted by molar-refractivity contribution is -0.922.